The van der Waals surface area contributed by atoms with Gasteiger partial charge in [0.15, 0.2) is 5.13 Å². The van der Waals surface area contributed by atoms with Crippen molar-refractivity contribution in [1.29, 1.82) is 0 Å². The van der Waals surface area contributed by atoms with E-state index in [0.29, 0.717) is 22.2 Å². The highest BCUT2D eigenvalue weighted by atomic mass is 32.1. The van der Waals surface area contributed by atoms with Crippen molar-refractivity contribution in [3.63, 3.8) is 0 Å². The van der Waals surface area contributed by atoms with Gasteiger partial charge in [-0.1, -0.05) is 13.8 Å². The number of hydrogen-bond donors (Lipinski definition) is 3. The SMILES string of the molecule is COC(=O)Nc1ccc(NC(=O)Cc2csc(NC(=O)C(C)C)n2)cc1. The molecule has 0 saturated heterocycles. The third-order valence-corrected chi connectivity index (χ3v) is 4.05. The van der Waals surface area contributed by atoms with Crippen molar-refractivity contribution in [3.8, 4) is 0 Å². The topological polar surface area (TPSA) is 109 Å². The van der Waals surface area contributed by atoms with E-state index in [1.165, 1.54) is 18.4 Å². The molecule has 0 saturated carbocycles. The standard InChI is InChI=1S/C17H20N4O4S/c1-10(2)15(23)21-16-19-13(9-26-16)8-14(22)18-11-4-6-12(7-5-11)20-17(24)25-3/h4-7,9-10H,8H2,1-3H3,(H,18,22)(H,20,24)(H,19,21,23). The van der Waals surface area contributed by atoms with Crippen molar-refractivity contribution in [2.45, 2.75) is 20.3 Å². The van der Waals surface area contributed by atoms with Crippen LogP contribution in [0.5, 0.6) is 0 Å². The van der Waals surface area contributed by atoms with E-state index < -0.39 is 6.09 Å². The second-order valence-electron chi connectivity index (χ2n) is 5.71. The van der Waals surface area contributed by atoms with E-state index in [2.05, 4.69) is 25.7 Å². The Hall–Kier alpha value is -2.94. The first-order chi connectivity index (χ1) is 12.4. The first-order valence-corrected chi connectivity index (χ1v) is 8.75. The van der Waals surface area contributed by atoms with E-state index in [0.717, 1.165) is 0 Å². The molecule has 3 N–H and O–H groups in total. The zero-order valence-electron chi connectivity index (χ0n) is 14.7. The number of hydrogen-bond acceptors (Lipinski definition) is 6. The second-order valence-corrected chi connectivity index (χ2v) is 6.56. The molecule has 138 valence electrons. The lowest BCUT2D eigenvalue weighted by Gasteiger charge is -2.07. The second kappa shape index (κ2) is 8.95. The summed E-state index contributed by atoms with van der Waals surface area (Å²) in [5.41, 5.74) is 1.73. The smallest absolute Gasteiger partial charge is 0.411 e. The van der Waals surface area contributed by atoms with Crippen molar-refractivity contribution < 1.29 is 19.1 Å². The molecule has 0 bridgehead atoms. The van der Waals surface area contributed by atoms with Gasteiger partial charge in [-0.3, -0.25) is 14.9 Å². The van der Waals surface area contributed by atoms with Crippen LogP contribution in [0.25, 0.3) is 0 Å². The number of carbonyl (C=O) groups excluding carboxylic acids is 3. The van der Waals surface area contributed by atoms with Gasteiger partial charge in [0, 0.05) is 22.7 Å². The molecule has 26 heavy (non-hydrogen) atoms. The van der Waals surface area contributed by atoms with Crippen molar-refractivity contribution in [2.24, 2.45) is 5.92 Å². The summed E-state index contributed by atoms with van der Waals surface area (Å²) in [7, 11) is 1.28. The van der Waals surface area contributed by atoms with Gasteiger partial charge in [-0.05, 0) is 24.3 Å². The Morgan fingerprint density at radius 1 is 1.08 bits per heavy atom. The molecule has 1 aromatic carbocycles. The molecule has 0 aliphatic carbocycles. The quantitative estimate of drug-likeness (QED) is 0.718. The van der Waals surface area contributed by atoms with Gasteiger partial charge in [0.05, 0.1) is 19.2 Å². The van der Waals surface area contributed by atoms with Crippen LogP contribution < -0.4 is 16.0 Å². The van der Waals surface area contributed by atoms with Crippen LogP contribution in [0.3, 0.4) is 0 Å². The zero-order chi connectivity index (χ0) is 19.1. The maximum atomic E-state index is 12.1. The largest absolute Gasteiger partial charge is 0.453 e. The van der Waals surface area contributed by atoms with Crippen LogP contribution >= 0.6 is 11.3 Å². The van der Waals surface area contributed by atoms with E-state index in [-0.39, 0.29) is 24.2 Å². The number of carbonyl (C=O) groups is 3. The number of ether oxygens (including phenoxy) is 1. The Labute approximate surface area is 155 Å². The maximum Gasteiger partial charge on any atom is 0.411 e. The lowest BCUT2D eigenvalue weighted by molar-refractivity contribution is -0.119. The number of methoxy groups -OCH3 is 1. The van der Waals surface area contributed by atoms with Gasteiger partial charge in [-0.25, -0.2) is 9.78 Å². The maximum absolute atomic E-state index is 12.1. The summed E-state index contributed by atoms with van der Waals surface area (Å²) >= 11 is 1.28. The highest BCUT2D eigenvalue weighted by molar-refractivity contribution is 7.13. The molecular weight excluding hydrogens is 356 g/mol. The minimum Gasteiger partial charge on any atom is -0.453 e. The highest BCUT2D eigenvalue weighted by Crippen LogP contribution is 2.18. The van der Waals surface area contributed by atoms with Crippen LogP contribution in [0.1, 0.15) is 19.5 Å². The summed E-state index contributed by atoms with van der Waals surface area (Å²) in [5.74, 6) is -0.482. The minimum absolute atomic E-state index is 0.0935. The first-order valence-electron chi connectivity index (χ1n) is 7.87. The number of rotatable bonds is 6. The van der Waals surface area contributed by atoms with E-state index in [1.54, 1.807) is 43.5 Å². The van der Waals surface area contributed by atoms with Crippen LogP contribution in [0.2, 0.25) is 0 Å². The first kappa shape index (κ1) is 19.4. The average Bonchev–Trinajstić information content (AvgIpc) is 3.03. The third kappa shape index (κ3) is 5.85. The fourth-order valence-corrected chi connectivity index (χ4v) is 2.58. The minimum atomic E-state index is -0.564. The Morgan fingerprint density at radius 3 is 2.27 bits per heavy atom. The third-order valence-electron chi connectivity index (χ3n) is 3.25. The number of thiazole rings is 1. The van der Waals surface area contributed by atoms with E-state index >= 15 is 0 Å². The van der Waals surface area contributed by atoms with Crippen LogP contribution in [0.4, 0.5) is 21.3 Å². The molecule has 3 amide bonds. The van der Waals surface area contributed by atoms with Crippen molar-refractivity contribution >= 4 is 45.8 Å². The molecule has 9 heteroatoms. The molecule has 2 rings (SSSR count). The summed E-state index contributed by atoms with van der Waals surface area (Å²) in [4.78, 5) is 39.1. The molecule has 0 aliphatic rings. The molecule has 1 aromatic heterocycles. The molecule has 0 unspecified atom stereocenters. The predicted octanol–water partition coefficient (Wildman–Crippen LogP) is 3.10. The molecule has 0 radical (unpaired) electrons. The van der Waals surface area contributed by atoms with Crippen LogP contribution in [0.15, 0.2) is 29.6 Å². The molecular formula is C17H20N4O4S. The zero-order valence-corrected chi connectivity index (χ0v) is 15.5. The Bertz CT molecular complexity index is 786. The van der Waals surface area contributed by atoms with E-state index in [9.17, 15) is 14.4 Å². The van der Waals surface area contributed by atoms with Gasteiger partial charge in [-0.2, -0.15) is 0 Å². The Morgan fingerprint density at radius 2 is 1.69 bits per heavy atom. The van der Waals surface area contributed by atoms with Gasteiger partial charge in [-0.15, -0.1) is 11.3 Å². The summed E-state index contributed by atoms with van der Waals surface area (Å²) in [6, 6.07) is 6.63. The molecule has 0 aliphatic heterocycles. The number of benzene rings is 1. The van der Waals surface area contributed by atoms with E-state index in [4.69, 9.17) is 0 Å². The number of aromatic nitrogens is 1. The number of nitrogens with zero attached hydrogens (tertiary/aromatic N) is 1. The molecule has 2 aromatic rings. The number of amides is 3. The Balaban J connectivity index is 1.87. The molecule has 1 heterocycles. The highest BCUT2D eigenvalue weighted by Gasteiger charge is 2.12. The van der Waals surface area contributed by atoms with Crippen molar-refractivity contribution in [2.75, 3.05) is 23.1 Å². The average molecular weight is 376 g/mol. The number of anilines is 3. The monoisotopic (exact) mass is 376 g/mol. The van der Waals surface area contributed by atoms with Gasteiger partial charge in [0.2, 0.25) is 11.8 Å². The summed E-state index contributed by atoms with van der Waals surface area (Å²) in [6.45, 7) is 3.59. The molecule has 0 atom stereocenters. The fourth-order valence-electron chi connectivity index (χ4n) is 1.87. The van der Waals surface area contributed by atoms with Crippen molar-refractivity contribution in [3.05, 3.63) is 35.3 Å². The molecule has 0 fully saturated rings. The van der Waals surface area contributed by atoms with Gasteiger partial charge in [0.1, 0.15) is 0 Å². The van der Waals surface area contributed by atoms with Crippen LogP contribution in [-0.2, 0) is 20.7 Å². The molecule has 8 nitrogen and oxygen atoms in total. The summed E-state index contributed by atoms with van der Waals surface area (Å²) in [5, 5.41) is 10.2. The Kier molecular flexibility index (Phi) is 6.67. The van der Waals surface area contributed by atoms with Crippen LogP contribution in [0, 0.1) is 5.92 Å². The summed E-state index contributed by atoms with van der Waals surface area (Å²) in [6.07, 6.45) is -0.471. The normalized spacial score (nSPS) is 10.3. The van der Waals surface area contributed by atoms with Gasteiger partial charge < -0.3 is 15.4 Å². The molecule has 0 spiro atoms. The van der Waals surface area contributed by atoms with Gasteiger partial charge in [0.25, 0.3) is 0 Å². The van der Waals surface area contributed by atoms with Crippen LogP contribution in [-0.4, -0.2) is 30.0 Å². The lowest BCUT2D eigenvalue weighted by Crippen LogP contribution is -2.18. The van der Waals surface area contributed by atoms with E-state index in [1.807, 2.05) is 0 Å². The lowest BCUT2D eigenvalue weighted by atomic mass is 10.2. The summed E-state index contributed by atoms with van der Waals surface area (Å²) < 4.78 is 4.50. The predicted molar refractivity (Wildman–Crippen MR) is 100 cm³/mol. The number of nitrogens with one attached hydrogen (secondary N) is 3. The fraction of sp³-hybridized carbons (Fsp3) is 0.294. The van der Waals surface area contributed by atoms with Gasteiger partial charge >= 0.3 is 6.09 Å². The van der Waals surface area contributed by atoms with Crippen molar-refractivity contribution in [1.82, 2.24) is 4.98 Å².